The van der Waals surface area contributed by atoms with Crippen LogP contribution in [0.1, 0.15) is 5.56 Å². The summed E-state index contributed by atoms with van der Waals surface area (Å²) in [6, 6.07) is 14.9. The van der Waals surface area contributed by atoms with Gasteiger partial charge in [0.05, 0.1) is 5.39 Å². The molecule has 0 bridgehead atoms. The molecule has 1 heterocycles. The van der Waals surface area contributed by atoms with Crippen LogP contribution in [0.3, 0.4) is 0 Å². The first-order valence-corrected chi connectivity index (χ1v) is 6.06. The van der Waals surface area contributed by atoms with E-state index >= 15 is 0 Å². The molecule has 0 saturated heterocycles. The predicted molar refractivity (Wildman–Crippen MR) is 77.1 cm³/mol. The highest BCUT2D eigenvalue weighted by Crippen LogP contribution is 2.27. The summed E-state index contributed by atoms with van der Waals surface area (Å²) < 4.78 is 5.86. The minimum Gasteiger partial charge on any atom is -0.455 e. The number of anilines is 1. The standard InChI is InChI=1S/C16H13NO2/c1-10-15(18)14-12(17)8-5-9-13(14)19-16(10)11-6-3-2-4-7-11/h2-9H,17H2,1H3. The zero-order valence-corrected chi connectivity index (χ0v) is 10.5. The SMILES string of the molecule is Cc1c(-c2ccccc2)oc2cccc(N)c2c1=O. The molecule has 0 aliphatic heterocycles. The number of nitrogen functional groups attached to an aromatic ring is 1. The van der Waals surface area contributed by atoms with Crippen LogP contribution in [-0.4, -0.2) is 0 Å². The Morgan fingerprint density at radius 1 is 1.00 bits per heavy atom. The first-order valence-electron chi connectivity index (χ1n) is 6.06. The van der Waals surface area contributed by atoms with Crippen molar-refractivity contribution in [1.82, 2.24) is 0 Å². The van der Waals surface area contributed by atoms with E-state index in [4.69, 9.17) is 10.2 Å². The summed E-state index contributed by atoms with van der Waals surface area (Å²) in [4.78, 5) is 12.4. The summed E-state index contributed by atoms with van der Waals surface area (Å²) in [5.74, 6) is 0.601. The zero-order chi connectivity index (χ0) is 13.4. The van der Waals surface area contributed by atoms with Gasteiger partial charge in [-0.2, -0.15) is 0 Å². The highest BCUT2D eigenvalue weighted by Gasteiger charge is 2.13. The molecule has 19 heavy (non-hydrogen) atoms. The quantitative estimate of drug-likeness (QED) is 0.675. The topological polar surface area (TPSA) is 56.2 Å². The Bertz CT molecular complexity index is 804. The lowest BCUT2D eigenvalue weighted by molar-refractivity contribution is 0.614. The van der Waals surface area contributed by atoms with Gasteiger partial charge in [0.1, 0.15) is 11.3 Å². The van der Waals surface area contributed by atoms with E-state index in [9.17, 15) is 4.79 Å². The summed E-state index contributed by atoms with van der Waals surface area (Å²) in [6.07, 6.45) is 0. The third-order valence-corrected chi connectivity index (χ3v) is 3.21. The lowest BCUT2D eigenvalue weighted by atomic mass is 10.1. The van der Waals surface area contributed by atoms with Gasteiger partial charge >= 0.3 is 0 Å². The van der Waals surface area contributed by atoms with Crippen molar-refractivity contribution < 1.29 is 4.42 Å². The predicted octanol–water partition coefficient (Wildman–Crippen LogP) is 3.35. The molecule has 0 aliphatic carbocycles. The van der Waals surface area contributed by atoms with E-state index in [2.05, 4.69) is 0 Å². The van der Waals surface area contributed by atoms with Crippen LogP contribution in [0.25, 0.3) is 22.3 Å². The lowest BCUT2D eigenvalue weighted by Gasteiger charge is -2.08. The molecule has 3 aromatic rings. The number of hydrogen-bond acceptors (Lipinski definition) is 3. The highest BCUT2D eigenvalue weighted by atomic mass is 16.3. The number of nitrogens with two attached hydrogens (primary N) is 1. The zero-order valence-electron chi connectivity index (χ0n) is 10.5. The Morgan fingerprint density at radius 2 is 1.74 bits per heavy atom. The molecule has 94 valence electrons. The van der Waals surface area contributed by atoms with Crippen molar-refractivity contribution in [3.05, 3.63) is 64.3 Å². The summed E-state index contributed by atoms with van der Waals surface area (Å²) in [7, 11) is 0. The molecule has 2 N–H and O–H groups in total. The average Bonchev–Trinajstić information content (AvgIpc) is 2.43. The van der Waals surface area contributed by atoms with Crippen LogP contribution >= 0.6 is 0 Å². The van der Waals surface area contributed by atoms with E-state index in [1.54, 1.807) is 25.1 Å². The van der Waals surface area contributed by atoms with E-state index in [0.29, 0.717) is 28.0 Å². The Balaban J connectivity index is 2.41. The van der Waals surface area contributed by atoms with Gasteiger partial charge in [0.25, 0.3) is 0 Å². The monoisotopic (exact) mass is 251 g/mol. The average molecular weight is 251 g/mol. The van der Waals surface area contributed by atoms with Crippen molar-refractivity contribution in [2.75, 3.05) is 5.73 Å². The Labute approximate surface area is 110 Å². The van der Waals surface area contributed by atoms with Crippen molar-refractivity contribution in [2.45, 2.75) is 6.92 Å². The van der Waals surface area contributed by atoms with Crippen LogP contribution in [0.5, 0.6) is 0 Å². The molecule has 1 aromatic heterocycles. The Hall–Kier alpha value is -2.55. The summed E-state index contributed by atoms with van der Waals surface area (Å²) >= 11 is 0. The third kappa shape index (κ3) is 1.80. The first kappa shape index (κ1) is 11.5. The molecule has 2 aromatic carbocycles. The van der Waals surface area contributed by atoms with Crippen LogP contribution in [0, 0.1) is 6.92 Å². The van der Waals surface area contributed by atoms with Gasteiger partial charge in [-0.25, -0.2) is 0 Å². The van der Waals surface area contributed by atoms with Gasteiger partial charge in [0, 0.05) is 16.8 Å². The van der Waals surface area contributed by atoms with E-state index in [1.165, 1.54) is 0 Å². The second-order valence-corrected chi connectivity index (χ2v) is 4.47. The van der Waals surface area contributed by atoms with Gasteiger partial charge < -0.3 is 10.2 Å². The third-order valence-electron chi connectivity index (χ3n) is 3.21. The fraction of sp³-hybridized carbons (Fsp3) is 0.0625. The molecule has 0 unspecified atom stereocenters. The van der Waals surface area contributed by atoms with Gasteiger partial charge in [-0.15, -0.1) is 0 Å². The molecule has 0 aliphatic rings. The second-order valence-electron chi connectivity index (χ2n) is 4.47. The first-order chi connectivity index (χ1) is 9.18. The maximum Gasteiger partial charge on any atom is 0.198 e. The summed E-state index contributed by atoms with van der Waals surface area (Å²) in [6.45, 7) is 1.76. The minimum absolute atomic E-state index is 0.0711. The van der Waals surface area contributed by atoms with Crippen LogP contribution < -0.4 is 11.2 Å². The van der Waals surface area contributed by atoms with Crippen molar-refractivity contribution >= 4 is 16.7 Å². The van der Waals surface area contributed by atoms with E-state index in [1.807, 2.05) is 30.3 Å². The smallest absolute Gasteiger partial charge is 0.198 e. The van der Waals surface area contributed by atoms with Gasteiger partial charge in [-0.05, 0) is 19.1 Å². The maximum atomic E-state index is 12.4. The van der Waals surface area contributed by atoms with Crippen LogP contribution in [0.15, 0.2) is 57.7 Å². The van der Waals surface area contributed by atoms with E-state index < -0.39 is 0 Å². The number of fused-ring (bicyclic) bond motifs is 1. The number of rotatable bonds is 1. The van der Waals surface area contributed by atoms with E-state index in [-0.39, 0.29) is 5.43 Å². The second kappa shape index (κ2) is 4.28. The minimum atomic E-state index is -0.0711. The van der Waals surface area contributed by atoms with Crippen LogP contribution in [-0.2, 0) is 0 Å². The molecule has 0 fully saturated rings. The van der Waals surface area contributed by atoms with Gasteiger partial charge in [0.2, 0.25) is 0 Å². The van der Waals surface area contributed by atoms with Crippen molar-refractivity contribution in [2.24, 2.45) is 0 Å². The maximum absolute atomic E-state index is 12.4. The van der Waals surface area contributed by atoms with Crippen molar-refractivity contribution in [3.8, 4) is 11.3 Å². The van der Waals surface area contributed by atoms with Gasteiger partial charge in [-0.3, -0.25) is 4.79 Å². The summed E-state index contributed by atoms with van der Waals surface area (Å²) in [5, 5.41) is 0.458. The number of benzene rings is 2. The van der Waals surface area contributed by atoms with Crippen LogP contribution in [0.2, 0.25) is 0 Å². The fourth-order valence-electron chi connectivity index (χ4n) is 2.22. The fourth-order valence-corrected chi connectivity index (χ4v) is 2.22. The van der Waals surface area contributed by atoms with Gasteiger partial charge in [-0.1, -0.05) is 36.4 Å². The van der Waals surface area contributed by atoms with E-state index in [0.717, 1.165) is 5.56 Å². The number of hydrogen-bond donors (Lipinski definition) is 1. The molecule has 0 radical (unpaired) electrons. The highest BCUT2D eigenvalue weighted by molar-refractivity contribution is 5.90. The molecular formula is C16H13NO2. The lowest BCUT2D eigenvalue weighted by Crippen LogP contribution is -2.09. The summed E-state index contributed by atoms with van der Waals surface area (Å²) in [5.41, 5.74) is 8.23. The van der Waals surface area contributed by atoms with Crippen LogP contribution in [0.4, 0.5) is 5.69 Å². The molecule has 0 spiro atoms. The molecular weight excluding hydrogens is 238 g/mol. The molecule has 0 amide bonds. The molecule has 3 heteroatoms. The molecule has 3 rings (SSSR count). The van der Waals surface area contributed by atoms with Crippen molar-refractivity contribution in [1.29, 1.82) is 0 Å². The largest absolute Gasteiger partial charge is 0.455 e. The molecule has 3 nitrogen and oxygen atoms in total. The normalized spacial score (nSPS) is 10.8. The van der Waals surface area contributed by atoms with Crippen molar-refractivity contribution in [3.63, 3.8) is 0 Å². The van der Waals surface area contributed by atoms with Gasteiger partial charge in [0.15, 0.2) is 5.43 Å². The Kier molecular flexibility index (Phi) is 2.60. The molecule has 0 atom stereocenters. The molecule has 0 saturated carbocycles. The Morgan fingerprint density at radius 3 is 2.47 bits per heavy atom.